The van der Waals surface area contributed by atoms with Crippen LogP contribution in [0.3, 0.4) is 0 Å². The van der Waals surface area contributed by atoms with Crippen molar-refractivity contribution in [2.75, 3.05) is 11.4 Å². The van der Waals surface area contributed by atoms with Crippen molar-refractivity contribution in [1.29, 1.82) is 0 Å². The molecule has 7 nitrogen and oxygen atoms in total. The van der Waals surface area contributed by atoms with E-state index in [0.717, 1.165) is 54.9 Å². The summed E-state index contributed by atoms with van der Waals surface area (Å²) < 4.78 is 48.6. The average molecular weight is 577 g/mol. The summed E-state index contributed by atoms with van der Waals surface area (Å²) in [7, 11) is -2.11. The Morgan fingerprint density at radius 2 is 1.82 bits per heavy atom. The molecule has 1 aromatic heterocycles. The van der Waals surface area contributed by atoms with Crippen LogP contribution in [0.2, 0.25) is 18.1 Å². The van der Waals surface area contributed by atoms with Crippen LogP contribution in [-0.4, -0.2) is 42.5 Å². The third-order valence-electron chi connectivity index (χ3n) is 8.93. The standard InChI is InChI=1S/C29H39F3N4O3Si/c1-7-35-26-23(21(34-36(26)20-13-14-20)16-39-40(5,6)28(2,3)4)22(17-11-12-17)24(27(35)38)33-25(37)18-9-8-10-19(15-18)29(30,31)32/h8-10,15,17,20,22,24H,7,11-14,16H2,1-6H3,(H,33,37)/t22-,24-/m1/s1. The van der Waals surface area contributed by atoms with Gasteiger partial charge in [-0.05, 0) is 74.9 Å². The van der Waals surface area contributed by atoms with Crippen molar-refractivity contribution in [3.8, 4) is 0 Å². The van der Waals surface area contributed by atoms with Gasteiger partial charge in [0.2, 0.25) is 0 Å². The smallest absolute Gasteiger partial charge is 0.411 e. The zero-order valence-corrected chi connectivity index (χ0v) is 25.1. The molecule has 11 heteroatoms. The lowest BCUT2D eigenvalue weighted by Gasteiger charge is -2.39. The van der Waals surface area contributed by atoms with Crippen molar-refractivity contribution in [3.63, 3.8) is 0 Å². The third-order valence-corrected chi connectivity index (χ3v) is 13.4. The second-order valence-corrected chi connectivity index (χ2v) is 17.7. The SMILES string of the molecule is CCN1C(=O)[C@H](NC(=O)c2cccc(C(F)(F)F)c2)[C@H](C2CC2)c2c(CO[Si](C)(C)C(C)(C)C)nn(C3CC3)c21. The first-order valence-corrected chi connectivity index (χ1v) is 17.1. The lowest BCUT2D eigenvalue weighted by atomic mass is 9.82. The van der Waals surface area contributed by atoms with Crippen LogP contribution >= 0.6 is 0 Å². The fraction of sp³-hybridized carbons (Fsp3) is 0.621. The van der Waals surface area contributed by atoms with Gasteiger partial charge in [-0.1, -0.05) is 26.8 Å². The Kier molecular flexibility index (Phi) is 7.22. The molecule has 1 N–H and O–H groups in total. The van der Waals surface area contributed by atoms with Crippen molar-refractivity contribution in [2.45, 2.75) is 102 Å². The van der Waals surface area contributed by atoms with E-state index in [1.165, 1.54) is 12.1 Å². The van der Waals surface area contributed by atoms with Crippen LogP contribution in [0.1, 0.15) is 92.5 Å². The molecule has 2 heterocycles. The number of fused-ring (bicyclic) bond motifs is 1. The molecule has 0 spiro atoms. The molecule has 2 atom stereocenters. The molecule has 1 aromatic carbocycles. The molecule has 0 bridgehead atoms. The number of carbonyl (C=O) groups excluding carboxylic acids is 2. The Bertz CT molecular complexity index is 1310. The topological polar surface area (TPSA) is 76.5 Å². The number of hydrogen-bond acceptors (Lipinski definition) is 4. The Morgan fingerprint density at radius 1 is 1.15 bits per heavy atom. The van der Waals surface area contributed by atoms with Crippen LogP contribution in [-0.2, 0) is 22.0 Å². The van der Waals surface area contributed by atoms with E-state index >= 15 is 0 Å². The minimum atomic E-state index is -4.57. The predicted molar refractivity (Wildman–Crippen MR) is 149 cm³/mol. The van der Waals surface area contributed by atoms with Gasteiger partial charge in [0, 0.05) is 23.6 Å². The van der Waals surface area contributed by atoms with Crippen LogP contribution in [0.5, 0.6) is 0 Å². The van der Waals surface area contributed by atoms with E-state index in [1.54, 1.807) is 4.90 Å². The van der Waals surface area contributed by atoms with Gasteiger partial charge < -0.3 is 9.74 Å². The molecular formula is C29H39F3N4O3Si. The summed E-state index contributed by atoms with van der Waals surface area (Å²) in [6.07, 6.45) is -0.761. The highest BCUT2D eigenvalue weighted by atomic mass is 28.4. The minimum Gasteiger partial charge on any atom is -0.411 e. The Balaban J connectivity index is 1.54. The molecule has 0 unspecified atom stereocenters. The average Bonchev–Trinajstić information content (AvgIpc) is 3.80. The maximum atomic E-state index is 14.0. The molecule has 2 aliphatic carbocycles. The van der Waals surface area contributed by atoms with Gasteiger partial charge in [0.1, 0.15) is 11.9 Å². The van der Waals surface area contributed by atoms with Crippen LogP contribution in [0.4, 0.5) is 19.0 Å². The number of rotatable bonds is 8. The molecule has 0 saturated heterocycles. The molecule has 1 aliphatic heterocycles. The monoisotopic (exact) mass is 576 g/mol. The van der Waals surface area contributed by atoms with E-state index in [1.807, 2.05) is 11.6 Å². The van der Waals surface area contributed by atoms with Crippen molar-refractivity contribution in [3.05, 3.63) is 46.6 Å². The summed E-state index contributed by atoms with van der Waals surface area (Å²) in [5, 5.41) is 7.89. The zero-order chi connectivity index (χ0) is 29.2. The van der Waals surface area contributed by atoms with Gasteiger partial charge in [-0.15, -0.1) is 0 Å². The molecule has 3 aliphatic rings. The van der Waals surface area contributed by atoms with E-state index in [9.17, 15) is 22.8 Å². The van der Waals surface area contributed by atoms with Gasteiger partial charge in [0.05, 0.1) is 23.9 Å². The van der Waals surface area contributed by atoms with Crippen molar-refractivity contribution in [2.24, 2.45) is 5.92 Å². The molecule has 5 rings (SSSR count). The van der Waals surface area contributed by atoms with Crippen LogP contribution in [0.25, 0.3) is 0 Å². The molecule has 2 aromatic rings. The number of halogens is 3. The summed E-state index contributed by atoms with van der Waals surface area (Å²) in [5.41, 5.74) is 0.722. The van der Waals surface area contributed by atoms with Crippen LogP contribution < -0.4 is 10.2 Å². The molecule has 2 amide bonds. The highest BCUT2D eigenvalue weighted by Crippen LogP contribution is 2.53. The fourth-order valence-corrected chi connectivity index (χ4v) is 6.24. The van der Waals surface area contributed by atoms with Crippen molar-refractivity contribution < 1.29 is 27.2 Å². The summed E-state index contributed by atoms with van der Waals surface area (Å²) in [5.74, 6) is -0.276. The number of hydrogen-bond donors (Lipinski definition) is 1. The maximum absolute atomic E-state index is 14.0. The van der Waals surface area contributed by atoms with E-state index in [4.69, 9.17) is 9.52 Å². The second kappa shape index (κ2) is 10.0. The molecule has 2 saturated carbocycles. The highest BCUT2D eigenvalue weighted by molar-refractivity contribution is 6.74. The molecule has 0 radical (unpaired) electrons. The minimum absolute atomic E-state index is 0.00882. The van der Waals surface area contributed by atoms with E-state index < -0.39 is 32.0 Å². The van der Waals surface area contributed by atoms with Gasteiger partial charge in [-0.2, -0.15) is 18.3 Å². The van der Waals surface area contributed by atoms with Crippen LogP contribution in [0, 0.1) is 5.92 Å². The molecule has 40 heavy (non-hydrogen) atoms. The van der Waals surface area contributed by atoms with E-state index in [0.29, 0.717) is 13.2 Å². The van der Waals surface area contributed by atoms with Crippen LogP contribution in [0.15, 0.2) is 24.3 Å². The number of nitrogens with zero attached hydrogens (tertiary/aromatic N) is 3. The lowest BCUT2D eigenvalue weighted by molar-refractivity contribution is -0.137. The van der Waals surface area contributed by atoms with Gasteiger partial charge in [0.15, 0.2) is 8.32 Å². The quantitative estimate of drug-likeness (QED) is 0.368. The number of aromatic nitrogens is 2. The molecule has 218 valence electrons. The van der Waals surface area contributed by atoms with Gasteiger partial charge in [-0.3, -0.25) is 14.5 Å². The summed E-state index contributed by atoms with van der Waals surface area (Å²) >= 11 is 0. The highest BCUT2D eigenvalue weighted by Gasteiger charge is 2.52. The Morgan fingerprint density at radius 3 is 2.38 bits per heavy atom. The lowest BCUT2D eigenvalue weighted by Crippen LogP contribution is -2.56. The number of nitrogens with one attached hydrogen (secondary N) is 1. The zero-order valence-electron chi connectivity index (χ0n) is 24.1. The number of carbonyl (C=O) groups is 2. The summed E-state index contributed by atoms with van der Waals surface area (Å²) in [6, 6.07) is 3.66. The summed E-state index contributed by atoms with van der Waals surface area (Å²) in [6.45, 7) is 13.5. The largest absolute Gasteiger partial charge is 0.416 e. The number of alkyl halides is 3. The van der Waals surface area contributed by atoms with Gasteiger partial charge in [0.25, 0.3) is 11.8 Å². The summed E-state index contributed by atoms with van der Waals surface area (Å²) in [4.78, 5) is 29.0. The molecule has 2 fully saturated rings. The maximum Gasteiger partial charge on any atom is 0.416 e. The number of anilines is 1. The van der Waals surface area contributed by atoms with E-state index in [2.05, 4.69) is 39.2 Å². The Hall–Kier alpha value is -2.66. The molecular weight excluding hydrogens is 537 g/mol. The number of benzene rings is 1. The number of likely N-dealkylation sites (N-methyl/N-ethyl adjacent to an activating group) is 1. The first-order chi connectivity index (χ1) is 18.6. The Labute approximate surface area is 234 Å². The normalized spacial score (nSPS) is 21.9. The fourth-order valence-electron chi connectivity index (χ4n) is 5.31. The predicted octanol–water partition coefficient (Wildman–Crippen LogP) is 6.42. The second-order valence-electron chi connectivity index (χ2n) is 12.9. The number of amides is 2. The first kappa shape index (κ1) is 28.9. The van der Waals surface area contributed by atoms with E-state index in [-0.39, 0.29) is 34.4 Å². The van der Waals surface area contributed by atoms with Gasteiger partial charge in [-0.25, -0.2) is 4.68 Å². The van der Waals surface area contributed by atoms with Crippen molar-refractivity contribution >= 4 is 25.9 Å². The van der Waals surface area contributed by atoms with Crippen molar-refractivity contribution in [1.82, 2.24) is 15.1 Å². The third kappa shape index (κ3) is 5.34. The first-order valence-electron chi connectivity index (χ1n) is 14.2. The van der Waals surface area contributed by atoms with Gasteiger partial charge >= 0.3 is 6.18 Å².